The van der Waals surface area contributed by atoms with Crippen LogP contribution < -0.4 is 10.1 Å². The van der Waals surface area contributed by atoms with Gasteiger partial charge in [0.1, 0.15) is 5.75 Å². The van der Waals surface area contributed by atoms with E-state index in [4.69, 9.17) is 17.0 Å². The monoisotopic (exact) mass is 307 g/mol. The Labute approximate surface area is 130 Å². The van der Waals surface area contributed by atoms with Crippen molar-refractivity contribution < 1.29 is 9.53 Å². The molecule has 21 heavy (non-hydrogen) atoms. The lowest BCUT2D eigenvalue weighted by atomic mass is 10.2. The van der Waals surface area contributed by atoms with Gasteiger partial charge in [-0.25, -0.2) is 0 Å². The minimum atomic E-state index is -0.194. The fourth-order valence-corrected chi connectivity index (χ4v) is 2.43. The van der Waals surface area contributed by atoms with Crippen molar-refractivity contribution in [2.75, 3.05) is 39.8 Å². The van der Waals surface area contributed by atoms with Crippen LogP contribution in [0.3, 0.4) is 0 Å². The van der Waals surface area contributed by atoms with E-state index in [0.717, 1.165) is 26.2 Å². The molecule has 1 aliphatic rings. The Morgan fingerprint density at radius 2 is 2.05 bits per heavy atom. The normalized spacial score (nSPS) is 15.6. The zero-order valence-corrected chi connectivity index (χ0v) is 13.3. The van der Waals surface area contributed by atoms with Crippen LogP contribution in [0.2, 0.25) is 0 Å². The topological polar surface area (TPSA) is 44.8 Å². The van der Waals surface area contributed by atoms with E-state index >= 15 is 0 Å². The Morgan fingerprint density at radius 3 is 2.71 bits per heavy atom. The predicted octanol–water partition coefficient (Wildman–Crippen LogP) is 1.35. The molecule has 1 aliphatic heterocycles. The number of carbonyl (C=O) groups is 1. The molecule has 0 spiro atoms. The standard InChI is InChI=1S/C15H21N3O2S/c1-3-20-13-6-4-5-12(11-13)14(19)16-15(21)18-9-7-17(2)8-10-18/h4-6,11H,3,7-10H2,1-2H3,(H,16,19,21). The van der Waals surface area contributed by atoms with Crippen molar-refractivity contribution in [1.82, 2.24) is 15.1 Å². The molecule has 0 atom stereocenters. The fraction of sp³-hybridized carbons (Fsp3) is 0.467. The van der Waals surface area contributed by atoms with Gasteiger partial charge in [0, 0.05) is 31.7 Å². The van der Waals surface area contributed by atoms with Crippen molar-refractivity contribution in [3.8, 4) is 5.75 Å². The maximum Gasteiger partial charge on any atom is 0.257 e. The van der Waals surface area contributed by atoms with Gasteiger partial charge in [-0.2, -0.15) is 0 Å². The summed E-state index contributed by atoms with van der Waals surface area (Å²) in [7, 11) is 2.08. The first-order valence-corrected chi connectivity index (χ1v) is 7.52. The van der Waals surface area contributed by atoms with Crippen molar-refractivity contribution in [2.45, 2.75) is 6.92 Å². The van der Waals surface area contributed by atoms with E-state index in [9.17, 15) is 4.79 Å². The number of likely N-dealkylation sites (N-methyl/N-ethyl adjacent to an activating group) is 1. The van der Waals surface area contributed by atoms with Crippen LogP contribution in [0.5, 0.6) is 5.75 Å². The predicted molar refractivity (Wildman–Crippen MR) is 86.7 cm³/mol. The van der Waals surface area contributed by atoms with Crippen LogP contribution in [-0.2, 0) is 0 Å². The number of ether oxygens (including phenoxy) is 1. The number of piperazine rings is 1. The van der Waals surface area contributed by atoms with E-state index < -0.39 is 0 Å². The molecule has 1 fully saturated rings. The van der Waals surface area contributed by atoms with Crippen molar-refractivity contribution in [1.29, 1.82) is 0 Å². The summed E-state index contributed by atoms with van der Waals surface area (Å²) in [4.78, 5) is 16.5. The highest BCUT2D eigenvalue weighted by molar-refractivity contribution is 7.80. The summed E-state index contributed by atoms with van der Waals surface area (Å²) in [5.74, 6) is 0.496. The van der Waals surface area contributed by atoms with Gasteiger partial charge in [-0.15, -0.1) is 0 Å². The number of thiocarbonyl (C=S) groups is 1. The number of nitrogens with one attached hydrogen (secondary N) is 1. The molecule has 1 aromatic carbocycles. The SMILES string of the molecule is CCOc1cccc(C(=O)NC(=S)N2CCN(C)CC2)c1. The van der Waals surface area contributed by atoms with Crippen molar-refractivity contribution >= 4 is 23.2 Å². The average Bonchev–Trinajstić information content (AvgIpc) is 2.48. The number of amides is 1. The lowest BCUT2D eigenvalue weighted by molar-refractivity contribution is 0.0970. The van der Waals surface area contributed by atoms with E-state index in [1.807, 2.05) is 17.9 Å². The Morgan fingerprint density at radius 1 is 1.33 bits per heavy atom. The highest BCUT2D eigenvalue weighted by Crippen LogP contribution is 2.13. The van der Waals surface area contributed by atoms with Gasteiger partial charge in [-0.3, -0.25) is 10.1 Å². The maximum atomic E-state index is 12.2. The molecule has 1 N–H and O–H groups in total. The van der Waals surface area contributed by atoms with Crippen molar-refractivity contribution in [3.05, 3.63) is 29.8 Å². The fourth-order valence-electron chi connectivity index (χ4n) is 2.15. The number of rotatable bonds is 3. The molecule has 0 aliphatic carbocycles. The molecule has 1 aromatic rings. The second-order valence-electron chi connectivity index (χ2n) is 5.01. The van der Waals surface area contributed by atoms with Gasteiger partial charge in [0.05, 0.1) is 6.61 Å². The van der Waals surface area contributed by atoms with Gasteiger partial charge in [0.2, 0.25) is 0 Å². The number of hydrogen-bond donors (Lipinski definition) is 1. The third-order valence-electron chi connectivity index (χ3n) is 3.42. The Bertz CT molecular complexity index is 513. The quantitative estimate of drug-likeness (QED) is 0.854. The zero-order chi connectivity index (χ0) is 15.2. The Kier molecular flexibility index (Phi) is 5.52. The third-order valence-corrected chi connectivity index (χ3v) is 3.78. The summed E-state index contributed by atoms with van der Waals surface area (Å²) < 4.78 is 5.40. The number of benzene rings is 1. The van der Waals surface area contributed by atoms with Crippen LogP contribution >= 0.6 is 12.2 Å². The largest absolute Gasteiger partial charge is 0.494 e. The van der Waals surface area contributed by atoms with E-state index in [2.05, 4.69) is 17.3 Å². The average molecular weight is 307 g/mol. The first-order valence-electron chi connectivity index (χ1n) is 7.12. The first-order chi connectivity index (χ1) is 10.1. The van der Waals surface area contributed by atoms with Crippen LogP contribution in [0.4, 0.5) is 0 Å². The second-order valence-corrected chi connectivity index (χ2v) is 5.40. The number of nitrogens with zero attached hydrogens (tertiary/aromatic N) is 2. The Balaban J connectivity index is 1.94. The minimum Gasteiger partial charge on any atom is -0.494 e. The highest BCUT2D eigenvalue weighted by atomic mass is 32.1. The van der Waals surface area contributed by atoms with Gasteiger partial charge in [-0.1, -0.05) is 6.07 Å². The molecule has 1 amide bonds. The molecule has 6 heteroatoms. The van der Waals surface area contributed by atoms with E-state index in [1.165, 1.54) is 0 Å². The summed E-state index contributed by atoms with van der Waals surface area (Å²) in [6, 6.07) is 7.12. The first kappa shape index (κ1) is 15.7. The number of hydrogen-bond acceptors (Lipinski definition) is 4. The van der Waals surface area contributed by atoms with Crippen LogP contribution in [0, 0.1) is 0 Å². The van der Waals surface area contributed by atoms with Crippen LogP contribution in [0.15, 0.2) is 24.3 Å². The lowest BCUT2D eigenvalue weighted by Gasteiger charge is -2.33. The lowest BCUT2D eigenvalue weighted by Crippen LogP contribution is -2.51. The molecule has 0 aromatic heterocycles. The summed E-state index contributed by atoms with van der Waals surface area (Å²) in [5.41, 5.74) is 0.553. The van der Waals surface area contributed by atoms with Gasteiger partial charge >= 0.3 is 0 Å². The van der Waals surface area contributed by atoms with Crippen molar-refractivity contribution in [2.24, 2.45) is 0 Å². The molecule has 0 bridgehead atoms. The summed E-state index contributed by atoms with van der Waals surface area (Å²) in [6.45, 7) is 6.08. The third kappa shape index (κ3) is 4.41. The van der Waals surface area contributed by atoms with E-state index in [1.54, 1.807) is 18.2 Å². The van der Waals surface area contributed by atoms with Crippen LogP contribution in [0.1, 0.15) is 17.3 Å². The molecule has 2 rings (SSSR count). The highest BCUT2D eigenvalue weighted by Gasteiger charge is 2.18. The number of carbonyl (C=O) groups excluding carboxylic acids is 1. The molecule has 5 nitrogen and oxygen atoms in total. The molecular weight excluding hydrogens is 286 g/mol. The summed E-state index contributed by atoms with van der Waals surface area (Å²) in [6.07, 6.45) is 0. The molecule has 1 saturated heterocycles. The molecule has 1 heterocycles. The van der Waals surface area contributed by atoms with Gasteiger partial charge < -0.3 is 14.5 Å². The van der Waals surface area contributed by atoms with Crippen LogP contribution in [-0.4, -0.2) is 60.7 Å². The smallest absolute Gasteiger partial charge is 0.257 e. The molecule has 0 unspecified atom stereocenters. The van der Waals surface area contributed by atoms with E-state index in [0.29, 0.717) is 23.0 Å². The minimum absolute atomic E-state index is 0.194. The second kappa shape index (κ2) is 7.38. The molecule has 114 valence electrons. The maximum absolute atomic E-state index is 12.2. The van der Waals surface area contributed by atoms with Gasteiger partial charge in [-0.05, 0) is 44.4 Å². The Hall–Kier alpha value is -1.66. The molecule has 0 saturated carbocycles. The van der Waals surface area contributed by atoms with E-state index in [-0.39, 0.29) is 5.91 Å². The summed E-state index contributed by atoms with van der Waals surface area (Å²) in [5, 5.41) is 3.29. The van der Waals surface area contributed by atoms with Crippen molar-refractivity contribution in [3.63, 3.8) is 0 Å². The van der Waals surface area contributed by atoms with Crippen LogP contribution in [0.25, 0.3) is 0 Å². The van der Waals surface area contributed by atoms with Gasteiger partial charge in [0.15, 0.2) is 5.11 Å². The molecular formula is C15H21N3O2S. The summed E-state index contributed by atoms with van der Waals surface area (Å²) >= 11 is 5.32. The molecule has 0 radical (unpaired) electrons. The van der Waals surface area contributed by atoms with Gasteiger partial charge in [0.25, 0.3) is 5.91 Å². The zero-order valence-electron chi connectivity index (χ0n) is 12.5.